The Morgan fingerprint density at radius 3 is 1.92 bits per heavy atom. The van der Waals surface area contributed by atoms with Crippen molar-refractivity contribution in [2.45, 2.75) is 27.7 Å². The molecule has 13 heavy (non-hydrogen) atoms. The average Bonchev–Trinajstić information content (AvgIpc) is 2.07. The largest absolute Gasteiger partial charge is 0.508 e. The summed E-state index contributed by atoms with van der Waals surface area (Å²) in [6.07, 6.45) is 0. The molecule has 0 saturated carbocycles. The maximum Gasteiger partial charge on any atom is 0.508 e. The van der Waals surface area contributed by atoms with Gasteiger partial charge in [-0.1, -0.05) is 0 Å². The fourth-order valence-electron chi connectivity index (χ4n) is 1.34. The lowest BCUT2D eigenvalue weighted by atomic mass is 9.80. The summed E-state index contributed by atoms with van der Waals surface area (Å²) in [5.74, 6) is 0. The van der Waals surface area contributed by atoms with E-state index in [4.69, 9.17) is 10.0 Å². The minimum atomic E-state index is -1.47. The summed E-state index contributed by atoms with van der Waals surface area (Å²) >= 11 is 0. The molecule has 0 fully saturated rings. The van der Waals surface area contributed by atoms with Gasteiger partial charge in [-0.2, -0.15) is 0 Å². The molecule has 1 rings (SSSR count). The van der Waals surface area contributed by atoms with Crippen molar-refractivity contribution in [2.75, 3.05) is 0 Å². The Labute approximate surface area is 78.6 Å². The molecule has 3 nitrogen and oxygen atoms in total. The van der Waals surface area contributed by atoms with Gasteiger partial charge in [0.25, 0.3) is 0 Å². The molecule has 0 bridgehead atoms. The Morgan fingerprint density at radius 2 is 1.46 bits per heavy atom. The summed E-state index contributed by atoms with van der Waals surface area (Å²) in [5.41, 5.74) is 4.27. The highest BCUT2D eigenvalue weighted by Crippen LogP contribution is 2.12. The number of aromatic nitrogens is 1. The Kier molecular flexibility index (Phi) is 2.73. The molecule has 4 heteroatoms. The van der Waals surface area contributed by atoms with Gasteiger partial charge < -0.3 is 10.0 Å². The van der Waals surface area contributed by atoms with Crippen LogP contribution in [-0.4, -0.2) is 22.2 Å². The maximum atomic E-state index is 9.04. The number of pyridine rings is 1. The van der Waals surface area contributed by atoms with Gasteiger partial charge in [-0.25, -0.2) is 0 Å². The Bertz CT molecular complexity index is 337. The highest BCUT2D eigenvalue weighted by atomic mass is 16.4. The van der Waals surface area contributed by atoms with Crippen molar-refractivity contribution in [3.05, 3.63) is 22.4 Å². The summed E-state index contributed by atoms with van der Waals surface area (Å²) < 4.78 is 0. The number of hydrogen-bond acceptors (Lipinski definition) is 3. The van der Waals surface area contributed by atoms with Crippen LogP contribution in [-0.2, 0) is 0 Å². The fraction of sp³-hybridized carbons (Fsp3) is 0.444. The zero-order valence-electron chi connectivity index (χ0n) is 8.42. The van der Waals surface area contributed by atoms with Gasteiger partial charge in [0, 0.05) is 5.69 Å². The second kappa shape index (κ2) is 3.48. The summed E-state index contributed by atoms with van der Waals surface area (Å²) in [6, 6.07) is 0. The summed E-state index contributed by atoms with van der Waals surface area (Å²) in [6.45, 7) is 7.67. The van der Waals surface area contributed by atoms with Crippen LogP contribution >= 0.6 is 0 Å². The highest BCUT2D eigenvalue weighted by molar-refractivity contribution is 6.58. The van der Waals surface area contributed by atoms with E-state index < -0.39 is 7.12 Å². The molecule has 0 spiro atoms. The van der Waals surface area contributed by atoms with Crippen LogP contribution in [0.15, 0.2) is 0 Å². The topological polar surface area (TPSA) is 53.4 Å². The molecule has 0 unspecified atom stereocenters. The molecule has 0 saturated heterocycles. The monoisotopic (exact) mass is 179 g/mol. The molecule has 0 aromatic carbocycles. The van der Waals surface area contributed by atoms with Crippen LogP contribution in [0.2, 0.25) is 0 Å². The fourth-order valence-corrected chi connectivity index (χ4v) is 1.34. The highest BCUT2D eigenvalue weighted by Gasteiger charge is 2.18. The smallest absolute Gasteiger partial charge is 0.422 e. The zero-order chi connectivity index (χ0) is 10.2. The third-order valence-corrected chi connectivity index (χ3v) is 2.58. The van der Waals surface area contributed by atoms with Crippen molar-refractivity contribution in [3.63, 3.8) is 0 Å². The molecule has 1 aromatic heterocycles. The first-order chi connectivity index (χ1) is 5.95. The van der Waals surface area contributed by atoms with E-state index in [1.54, 1.807) is 0 Å². The first-order valence-corrected chi connectivity index (χ1v) is 4.25. The Balaban J connectivity index is 3.41. The zero-order valence-corrected chi connectivity index (χ0v) is 8.42. The minimum absolute atomic E-state index is 0.362. The predicted molar refractivity (Wildman–Crippen MR) is 53.0 cm³/mol. The molecular formula is C9H14BNO2. The second-order valence-electron chi connectivity index (χ2n) is 3.33. The quantitative estimate of drug-likeness (QED) is 0.596. The summed E-state index contributed by atoms with van der Waals surface area (Å²) in [7, 11) is -1.47. The van der Waals surface area contributed by atoms with Crippen molar-refractivity contribution < 1.29 is 10.0 Å². The third-order valence-electron chi connectivity index (χ3n) is 2.58. The van der Waals surface area contributed by atoms with E-state index in [1.807, 2.05) is 27.7 Å². The normalized spacial score (nSPS) is 10.3. The number of nitrogens with zero attached hydrogens (tertiary/aromatic N) is 1. The van der Waals surface area contributed by atoms with Crippen LogP contribution < -0.4 is 5.59 Å². The molecule has 2 N–H and O–H groups in total. The van der Waals surface area contributed by atoms with Crippen molar-refractivity contribution >= 4 is 12.7 Å². The summed E-state index contributed by atoms with van der Waals surface area (Å²) in [4.78, 5) is 4.13. The first kappa shape index (κ1) is 10.2. The van der Waals surface area contributed by atoms with Crippen LogP contribution in [0, 0.1) is 27.7 Å². The van der Waals surface area contributed by atoms with Crippen molar-refractivity contribution in [1.29, 1.82) is 0 Å². The lowest BCUT2D eigenvalue weighted by Crippen LogP contribution is -2.36. The van der Waals surface area contributed by atoms with Crippen LogP contribution in [0.25, 0.3) is 0 Å². The van der Waals surface area contributed by atoms with Gasteiger partial charge in [-0.15, -0.1) is 0 Å². The molecule has 1 aromatic rings. The van der Waals surface area contributed by atoms with E-state index in [0.29, 0.717) is 5.59 Å². The van der Waals surface area contributed by atoms with Crippen LogP contribution in [0.3, 0.4) is 0 Å². The first-order valence-electron chi connectivity index (χ1n) is 4.25. The molecule has 0 aliphatic heterocycles. The van der Waals surface area contributed by atoms with Gasteiger partial charge in [0.1, 0.15) is 0 Å². The molecule has 70 valence electrons. The SMILES string of the molecule is Cc1nc(B(O)O)c(C)c(C)c1C. The van der Waals surface area contributed by atoms with Crippen LogP contribution in [0.1, 0.15) is 22.4 Å². The summed E-state index contributed by atoms with van der Waals surface area (Å²) in [5, 5.41) is 18.1. The van der Waals surface area contributed by atoms with E-state index >= 15 is 0 Å². The van der Waals surface area contributed by atoms with Gasteiger partial charge in [-0.3, -0.25) is 4.98 Å². The Morgan fingerprint density at radius 1 is 0.923 bits per heavy atom. The van der Waals surface area contributed by atoms with E-state index in [0.717, 1.165) is 22.4 Å². The molecule has 0 amide bonds. The van der Waals surface area contributed by atoms with Crippen molar-refractivity contribution in [3.8, 4) is 0 Å². The van der Waals surface area contributed by atoms with E-state index in [9.17, 15) is 0 Å². The lowest BCUT2D eigenvalue weighted by Gasteiger charge is -2.12. The van der Waals surface area contributed by atoms with Gasteiger partial charge in [0.15, 0.2) is 0 Å². The lowest BCUT2D eigenvalue weighted by molar-refractivity contribution is 0.423. The van der Waals surface area contributed by atoms with Crippen molar-refractivity contribution in [2.24, 2.45) is 0 Å². The van der Waals surface area contributed by atoms with E-state index in [-0.39, 0.29) is 0 Å². The van der Waals surface area contributed by atoms with Crippen LogP contribution in [0.4, 0.5) is 0 Å². The van der Waals surface area contributed by atoms with Gasteiger partial charge in [-0.05, 0) is 44.4 Å². The Hall–Kier alpha value is -0.865. The molecular weight excluding hydrogens is 165 g/mol. The predicted octanol–water partition coefficient (Wildman–Crippen LogP) is -0.00492. The number of rotatable bonds is 1. The molecule has 0 aliphatic rings. The van der Waals surface area contributed by atoms with E-state index in [2.05, 4.69) is 4.98 Å². The van der Waals surface area contributed by atoms with Crippen LogP contribution in [0.5, 0.6) is 0 Å². The second-order valence-corrected chi connectivity index (χ2v) is 3.33. The third kappa shape index (κ3) is 1.74. The molecule has 0 radical (unpaired) electrons. The number of hydrogen-bond donors (Lipinski definition) is 2. The average molecular weight is 179 g/mol. The minimum Gasteiger partial charge on any atom is -0.422 e. The standard InChI is InChI=1S/C9H14BNO2/c1-5-6(2)8(4)11-9(7(5)3)10(12)13/h12-13H,1-4H3. The van der Waals surface area contributed by atoms with Gasteiger partial charge in [0.2, 0.25) is 0 Å². The molecule has 0 aliphatic carbocycles. The van der Waals surface area contributed by atoms with Gasteiger partial charge >= 0.3 is 7.12 Å². The molecule has 0 atom stereocenters. The van der Waals surface area contributed by atoms with Gasteiger partial charge in [0.05, 0.1) is 5.59 Å². The van der Waals surface area contributed by atoms with Crippen molar-refractivity contribution in [1.82, 2.24) is 4.98 Å². The van der Waals surface area contributed by atoms with E-state index in [1.165, 1.54) is 0 Å². The maximum absolute atomic E-state index is 9.04. The number of aryl methyl sites for hydroxylation is 1. The molecule has 1 heterocycles.